The highest BCUT2D eigenvalue weighted by molar-refractivity contribution is 4.92. The Hall–Kier alpha value is -0.120. The quantitative estimate of drug-likeness (QED) is 0.791. The lowest BCUT2D eigenvalue weighted by atomic mass is 9.85. The lowest BCUT2D eigenvalue weighted by Crippen LogP contribution is -2.59. The molecule has 0 amide bonds. The average Bonchev–Trinajstić information content (AvgIpc) is 2.24. The number of aliphatic hydroxyl groups is 1. The molecule has 4 atom stereocenters. The molecule has 4 unspecified atom stereocenters. The van der Waals surface area contributed by atoms with E-state index < -0.39 is 0 Å². The molecule has 2 N–H and O–H groups in total. The van der Waals surface area contributed by atoms with Crippen LogP contribution in [0.4, 0.5) is 0 Å². The Morgan fingerprint density at radius 2 is 1.94 bits per heavy atom. The molecule has 0 aromatic carbocycles. The summed E-state index contributed by atoms with van der Waals surface area (Å²) >= 11 is 0. The number of hydrogen-bond donors (Lipinski definition) is 2. The topological polar surface area (TPSA) is 35.5 Å². The van der Waals surface area contributed by atoms with E-state index in [0.29, 0.717) is 12.1 Å². The van der Waals surface area contributed by atoms with Gasteiger partial charge in [0.2, 0.25) is 0 Å². The lowest BCUT2D eigenvalue weighted by molar-refractivity contribution is 0.0343. The first-order chi connectivity index (χ1) is 8.27. The molecule has 1 aliphatic heterocycles. The summed E-state index contributed by atoms with van der Waals surface area (Å²) in [4.78, 5) is 2.55. The van der Waals surface area contributed by atoms with Crippen LogP contribution in [0, 0.1) is 11.8 Å². The van der Waals surface area contributed by atoms with Gasteiger partial charge in [-0.05, 0) is 32.1 Å². The summed E-state index contributed by atoms with van der Waals surface area (Å²) in [6.07, 6.45) is 1.32. The van der Waals surface area contributed by atoms with Crippen molar-refractivity contribution in [1.82, 2.24) is 10.2 Å². The molecule has 0 radical (unpaired) electrons. The van der Waals surface area contributed by atoms with Gasteiger partial charge < -0.3 is 10.4 Å². The third-order valence-corrected chi connectivity index (χ3v) is 4.26. The molecule has 3 nitrogen and oxygen atoms in total. The highest BCUT2D eigenvalue weighted by Crippen LogP contribution is 2.28. The molecule has 0 saturated carbocycles. The zero-order chi connectivity index (χ0) is 13.9. The van der Waals surface area contributed by atoms with Gasteiger partial charge in [-0.15, -0.1) is 0 Å². The van der Waals surface area contributed by atoms with Gasteiger partial charge >= 0.3 is 0 Å². The van der Waals surface area contributed by atoms with Gasteiger partial charge in [-0.3, -0.25) is 4.90 Å². The second-order valence-corrected chi connectivity index (χ2v) is 7.01. The van der Waals surface area contributed by atoms with Crippen molar-refractivity contribution in [2.45, 2.75) is 65.6 Å². The minimum absolute atomic E-state index is 0.192. The van der Waals surface area contributed by atoms with Crippen LogP contribution in [-0.4, -0.2) is 47.3 Å². The summed E-state index contributed by atoms with van der Waals surface area (Å²) < 4.78 is 0. The van der Waals surface area contributed by atoms with Crippen LogP contribution in [0.1, 0.15) is 48.0 Å². The van der Waals surface area contributed by atoms with Crippen LogP contribution in [0.5, 0.6) is 0 Å². The fourth-order valence-electron chi connectivity index (χ4n) is 3.33. The third kappa shape index (κ3) is 4.22. The van der Waals surface area contributed by atoms with E-state index >= 15 is 0 Å². The van der Waals surface area contributed by atoms with Crippen molar-refractivity contribution in [2.24, 2.45) is 11.8 Å². The standard InChI is InChI=1S/C15H32N2O/c1-11(2)16-15(6,10-18)9-17-8-12(3)7-13(4)14(17)5/h11-14,16,18H,7-10H2,1-6H3. The van der Waals surface area contributed by atoms with Crippen LogP contribution >= 0.6 is 0 Å². The number of rotatable bonds is 5. The van der Waals surface area contributed by atoms with Crippen LogP contribution in [0.2, 0.25) is 0 Å². The van der Waals surface area contributed by atoms with E-state index in [1.165, 1.54) is 6.42 Å². The van der Waals surface area contributed by atoms with Crippen molar-refractivity contribution in [2.75, 3.05) is 19.7 Å². The van der Waals surface area contributed by atoms with Gasteiger partial charge in [0.05, 0.1) is 12.1 Å². The van der Waals surface area contributed by atoms with E-state index in [2.05, 4.69) is 51.8 Å². The van der Waals surface area contributed by atoms with Gasteiger partial charge in [0.1, 0.15) is 0 Å². The fourth-order valence-corrected chi connectivity index (χ4v) is 3.33. The molecule has 0 aromatic heterocycles. The number of piperidine rings is 1. The SMILES string of the molecule is CC1CC(C)C(C)N(CC(C)(CO)NC(C)C)C1. The summed E-state index contributed by atoms with van der Waals surface area (Å²) in [7, 11) is 0. The largest absolute Gasteiger partial charge is 0.394 e. The van der Waals surface area contributed by atoms with E-state index in [-0.39, 0.29) is 12.1 Å². The van der Waals surface area contributed by atoms with Gasteiger partial charge in [-0.2, -0.15) is 0 Å². The first kappa shape index (κ1) is 15.9. The third-order valence-electron chi connectivity index (χ3n) is 4.26. The maximum Gasteiger partial charge on any atom is 0.0623 e. The number of nitrogens with zero attached hydrogens (tertiary/aromatic N) is 1. The fraction of sp³-hybridized carbons (Fsp3) is 1.00. The second-order valence-electron chi connectivity index (χ2n) is 7.01. The molecule has 1 heterocycles. The van der Waals surface area contributed by atoms with Crippen molar-refractivity contribution in [3.63, 3.8) is 0 Å². The van der Waals surface area contributed by atoms with Crippen LogP contribution in [0.15, 0.2) is 0 Å². The van der Waals surface area contributed by atoms with Crippen LogP contribution in [0.25, 0.3) is 0 Å². The number of aliphatic hydroxyl groups excluding tert-OH is 1. The first-order valence-electron chi connectivity index (χ1n) is 7.40. The Kier molecular flexibility index (Phi) is 5.63. The highest BCUT2D eigenvalue weighted by Gasteiger charge is 2.34. The van der Waals surface area contributed by atoms with Crippen LogP contribution in [-0.2, 0) is 0 Å². The van der Waals surface area contributed by atoms with Crippen molar-refractivity contribution in [1.29, 1.82) is 0 Å². The van der Waals surface area contributed by atoms with Crippen LogP contribution in [0.3, 0.4) is 0 Å². The lowest BCUT2D eigenvalue weighted by Gasteiger charge is -2.45. The zero-order valence-corrected chi connectivity index (χ0v) is 13.0. The van der Waals surface area contributed by atoms with E-state index in [1.807, 2.05) is 0 Å². The molecule has 1 rings (SSSR count). The first-order valence-corrected chi connectivity index (χ1v) is 7.40. The Morgan fingerprint density at radius 3 is 2.44 bits per heavy atom. The molecule has 1 fully saturated rings. The van der Waals surface area contributed by atoms with E-state index in [0.717, 1.165) is 24.9 Å². The molecule has 108 valence electrons. The Morgan fingerprint density at radius 1 is 1.33 bits per heavy atom. The molecule has 0 aliphatic carbocycles. The van der Waals surface area contributed by atoms with Gasteiger partial charge in [0.15, 0.2) is 0 Å². The summed E-state index contributed by atoms with van der Waals surface area (Å²) in [5.41, 5.74) is -0.195. The number of nitrogens with one attached hydrogen (secondary N) is 1. The van der Waals surface area contributed by atoms with E-state index in [9.17, 15) is 5.11 Å². The van der Waals surface area contributed by atoms with Crippen LogP contribution < -0.4 is 5.32 Å². The van der Waals surface area contributed by atoms with Gasteiger partial charge in [0.25, 0.3) is 0 Å². The summed E-state index contributed by atoms with van der Waals surface area (Å²) in [5, 5.41) is 13.2. The van der Waals surface area contributed by atoms with Crippen molar-refractivity contribution in [3.05, 3.63) is 0 Å². The predicted molar refractivity (Wildman–Crippen MR) is 77.7 cm³/mol. The minimum Gasteiger partial charge on any atom is -0.394 e. The number of likely N-dealkylation sites (tertiary alicyclic amines) is 1. The number of hydrogen-bond acceptors (Lipinski definition) is 3. The molecule has 0 aromatic rings. The van der Waals surface area contributed by atoms with Crippen molar-refractivity contribution < 1.29 is 5.11 Å². The predicted octanol–water partition coefficient (Wildman–Crippen LogP) is 2.10. The average molecular weight is 256 g/mol. The Bertz CT molecular complexity index is 257. The Labute approximate surface area is 113 Å². The van der Waals surface area contributed by atoms with Crippen molar-refractivity contribution >= 4 is 0 Å². The normalized spacial score (nSPS) is 33.7. The molecule has 0 bridgehead atoms. The summed E-state index contributed by atoms with van der Waals surface area (Å²) in [6.45, 7) is 15.7. The second kappa shape index (κ2) is 6.36. The maximum atomic E-state index is 9.69. The summed E-state index contributed by atoms with van der Waals surface area (Å²) in [6, 6.07) is 1.01. The molecule has 1 saturated heterocycles. The van der Waals surface area contributed by atoms with Crippen molar-refractivity contribution in [3.8, 4) is 0 Å². The molecular formula is C15H32N2O. The highest BCUT2D eigenvalue weighted by atomic mass is 16.3. The Balaban J connectivity index is 2.67. The van der Waals surface area contributed by atoms with Gasteiger partial charge in [-0.25, -0.2) is 0 Å². The summed E-state index contributed by atoms with van der Waals surface area (Å²) in [5.74, 6) is 1.51. The molecule has 1 aliphatic rings. The zero-order valence-electron chi connectivity index (χ0n) is 13.0. The molecule has 18 heavy (non-hydrogen) atoms. The monoisotopic (exact) mass is 256 g/mol. The van der Waals surface area contributed by atoms with E-state index in [1.54, 1.807) is 0 Å². The van der Waals surface area contributed by atoms with Gasteiger partial charge in [0, 0.05) is 25.2 Å². The molecule has 3 heteroatoms. The van der Waals surface area contributed by atoms with E-state index in [4.69, 9.17) is 0 Å². The molecular weight excluding hydrogens is 224 g/mol. The maximum absolute atomic E-state index is 9.69. The minimum atomic E-state index is -0.195. The molecule has 0 spiro atoms. The van der Waals surface area contributed by atoms with Gasteiger partial charge in [-0.1, -0.05) is 27.7 Å². The smallest absolute Gasteiger partial charge is 0.0623 e.